The van der Waals surface area contributed by atoms with E-state index < -0.39 is 5.97 Å². The molecule has 0 spiro atoms. The van der Waals surface area contributed by atoms with Crippen molar-refractivity contribution in [2.45, 2.75) is 19.8 Å². The Morgan fingerprint density at radius 1 is 1.40 bits per heavy atom. The highest BCUT2D eigenvalue weighted by Gasteiger charge is 2.18. The number of anilines is 1. The molecule has 1 saturated heterocycles. The van der Waals surface area contributed by atoms with E-state index in [0.717, 1.165) is 19.5 Å². The number of H-pyrrole nitrogens is 1. The lowest BCUT2D eigenvalue weighted by atomic mass is 10.3. The van der Waals surface area contributed by atoms with E-state index in [9.17, 15) is 9.59 Å². The number of aryl methyl sites for hydroxylation is 1. The molecule has 0 atom stereocenters. The second-order valence-electron chi connectivity index (χ2n) is 4.91. The van der Waals surface area contributed by atoms with E-state index in [1.54, 1.807) is 0 Å². The first-order valence-electron chi connectivity index (χ1n) is 6.88. The summed E-state index contributed by atoms with van der Waals surface area (Å²) in [5, 5.41) is 8.83. The average molecular weight is 280 g/mol. The Morgan fingerprint density at radius 3 is 2.90 bits per heavy atom. The number of carboxylic acid groups (broad SMARTS) is 1. The highest BCUT2D eigenvalue weighted by molar-refractivity contribution is 5.69. The fraction of sp³-hybridized carbons (Fsp3) is 0.615. The topological polar surface area (TPSA) is 89.5 Å². The third kappa shape index (κ3) is 3.80. The normalized spacial score (nSPS) is 16.9. The van der Waals surface area contributed by atoms with Gasteiger partial charge in [0.25, 0.3) is 5.56 Å². The maximum absolute atomic E-state index is 11.6. The summed E-state index contributed by atoms with van der Waals surface area (Å²) in [6.45, 7) is 4.91. The summed E-state index contributed by atoms with van der Waals surface area (Å²) in [6.07, 6.45) is 1.55. The van der Waals surface area contributed by atoms with E-state index in [1.165, 1.54) is 6.07 Å². The summed E-state index contributed by atoms with van der Waals surface area (Å²) in [5.74, 6) is 0.558. The van der Waals surface area contributed by atoms with Crippen molar-refractivity contribution in [2.75, 3.05) is 37.6 Å². The van der Waals surface area contributed by atoms with Crippen LogP contribution in [0.25, 0.3) is 0 Å². The highest BCUT2D eigenvalue weighted by Crippen LogP contribution is 2.12. The number of nitrogens with one attached hydrogen (secondary N) is 1. The minimum absolute atomic E-state index is 0.0663. The number of hydrogen-bond donors (Lipinski definition) is 2. The average Bonchev–Trinajstić information content (AvgIpc) is 2.63. The van der Waals surface area contributed by atoms with E-state index in [4.69, 9.17) is 5.11 Å². The van der Waals surface area contributed by atoms with Crippen LogP contribution in [0.4, 0.5) is 5.82 Å². The van der Waals surface area contributed by atoms with E-state index in [0.29, 0.717) is 31.2 Å². The van der Waals surface area contributed by atoms with Crippen LogP contribution in [0.2, 0.25) is 0 Å². The van der Waals surface area contributed by atoms with Gasteiger partial charge in [-0.25, -0.2) is 4.98 Å². The van der Waals surface area contributed by atoms with Gasteiger partial charge < -0.3 is 15.0 Å². The number of carboxylic acids is 1. The Labute approximate surface area is 117 Å². The fourth-order valence-electron chi connectivity index (χ4n) is 2.37. The van der Waals surface area contributed by atoms with E-state index >= 15 is 0 Å². The van der Waals surface area contributed by atoms with Crippen LogP contribution in [-0.2, 0) is 11.2 Å². The molecule has 7 heteroatoms. The zero-order valence-electron chi connectivity index (χ0n) is 11.6. The smallest absolute Gasteiger partial charge is 0.317 e. The molecule has 20 heavy (non-hydrogen) atoms. The lowest BCUT2D eigenvalue weighted by Crippen LogP contribution is -2.34. The summed E-state index contributed by atoms with van der Waals surface area (Å²) in [5.41, 5.74) is -0.140. The molecular formula is C13H20N4O3. The number of nitrogens with zero attached hydrogens (tertiary/aromatic N) is 3. The lowest BCUT2D eigenvalue weighted by molar-refractivity contribution is -0.138. The van der Waals surface area contributed by atoms with Gasteiger partial charge in [0.05, 0.1) is 6.54 Å². The Hall–Kier alpha value is -1.89. The monoisotopic (exact) mass is 280 g/mol. The Balaban J connectivity index is 2.08. The van der Waals surface area contributed by atoms with Crippen LogP contribution in [0, 0.1) is 0 Å². The van der Waals surface area contributed by atoms with Crippen LogP contribution in [-0.4, -0.2) is 58.7 Å². The van der Waals surface area contributed by atoms with Crippen molar-refractivity contribution in [3.8, 4) is 0 Å². The SMILES string of the molecule is CCc1nc(N2CCCN(CC(=O)O)CC2)cc(=O)[nH]1. The standard InChI is InChI=1S/C13H20N4O3/c1-2-10-14-11(8-12(18)15-10)17-5-3-4-16(6-7-17)9-13(19)20/h8H,2-7,9H2,1H3,(H,19,20)(H,14,15,18). The quantitative estimate of drug-likeness (QED) is 0.802. The predicted molar refractivity (Wildman–Crippen MR) is 75.1 cm³/mol. The molecule has 1 fully saturated rings. The molecule has 0 bridgehead atoms. The number of aliphatic carboxylic acids is 1. The minimum Gasteiger partial charge on any atom is -0.480 e. The minimum atomic E-state index is -0.805. The Morgan fingerprint density at radius 2 is 2.20 bits per heavy atom. The van der Waals surface area contributed by atoms with Crippen molar-refractivity contribution in [2.24, 2.45) is 0 Å². The van der Waals surface area contributed by atoms with E-state index in [-0.39, 0.29) is 12.1 Å². The molecule has 1 aliphatic heterocycles. The number of aromatic nitrogens is 2. The predicted octanol–water partition coefficient (Wildman–Crippen LogP) is -0.0710. The summed E-state index contributed by atoms with van der Waals surface area (Å²) < 4.78 is 0. The van der Waals surface area contributed by atoms with Gasteiger partial charge in [0, 0.05) is 38.7 Å². The maximum Gasteiger partial charge on any atom is 0.317 e. The molecule has 0 saturated carbocycles. The molecule has 2 N–H and O–H groups in total. The molecule has 110 valence electrons. The van der Waals surface area contributed by atoms with E-state index in [1.807, 2.05) is 11.8 Å². The molecular weight excluding hydrogens is 260 g/mol. The number of rotatable bonds is 4. The molecule has 0 aromatic carbocycles. The number of hydrogen-bond acceptors (Lipinski definition) is 5. The van der Waals surface area contributed by atoms with Crippen molar-refractivity contribution in [1.82, 2.24) is 14.9 Å². The summed E-state index contributed by atoms with van der Waals surface area (Å²) in [4.78, 5) is 33.5. The Kier molecular flexibility index (Phi) is 4.73. The third-order valence-corrected chi connectivity index (χ3v) is 3.38. The van der Waals surface area contributed by atoms with Crippen molar-refractivity contribution in [3.63, 3.8) is 0 Å². The molecule has 0 unspecified atom stereocenters. The first-order valence-corrected chi connectivity index (χ1v) is 6.88. The second kappa shape index (κ2) is 6.51. The lowest BCUT2D eigenvalue weighted by Gasteiger charge is -2.22. The zero-order valence-corrected chi connectivity index (χ0v) is 11.6. The van der Waals surface area contributed by atoms with Crippen LogP contribution >= 0.6 is 0 Å². The molecule has 1 aromatic heterocycles. The maximum atomic E-state index is 11.6. The van der Waals surface area contributed by atoms with Gasteiger partial charge in [-0.2, -0.15) is 0 Å². The van der Waals surface area contributed by atoms with Crippen LogP contribution < -0.4 is 10.5 Å². The Bertz CT molecular complexity index is 529. The summed E-state index contributed by atoms with van der Waals surface area (Å²) >= 11 is 0. The van der Waals surface area contributed by atoms with Crippen LogP contribution in [0.5, 0.6) is 0 Å². The van der Waals surface area contributed by atoms with Gasteiger partial charge in [-0.3, -0.25) is 14.5 Å². The fourth-order valence-corrected chi connectivity index (χ4v) is 2.37. The first-order chi connectivity index (χ1) is 9.58. The van der Waals surface area contributed by atoms with Crippen LogP contribution in [0.15, 0.2) is 10.9 Å². The van der Waals surface area contributed by atoms with Crippen LogP contribution in [0.1, 0.15) is 19.2 Å². The van der Waals surface area contributed by atoms with Gasteiger partial charge >= 0.3 is 5.97 Å². The molecule has 2 heterocycles. The highest BCUT2D eigenvalue weighted by atomic mass is 16.4. The first kappa shape index (κ1) is 14.5. The van der Waals surface area contributed by atoms with Gasteiger partial charge in [-0.1, -0.05) is 6.92 Å². The van der Waals surface area contributed by atoms with Crippen molar-refractivity contribution >= 4 is 11.8 Å². The van der Waals surface area contributed by atoms with Crippen molar-refractivity contribution in [3.05, 3.63) is 22.2 Å². The van der Waals surface area contributed by atoms with Crippen molar-refractivity contribution < 1.29 is 9.90 Å². The number of aromatic amines is 1. The van der Waals surface area contributed by atoms with Crippen molar-refractivity contribution in [1.29, 1.82) is 0 Å². The molecule has 0 radical (unpaired) electrons. The second-order valence-corrected chi connectivity index (χ2v) is 4.91. The molecule has 0 aliphatic carbocycles. The molecule has 1 aliphatic rings. The molecule has 2 rings (SSSR count). The molecule has 7 nitrogen and oxygen atoms in total. The van der Waals surface area contributed by atoms with Gasteiger partial charge in [0.15, 0.2) is 0 Å². The van der Waals surface area contributed by atoms with Crippen LogP contribution in [0.3, 0.4) is 0 Å². The summed E-state index contributed by atoms with van der Waals surface area (Å²) in [6, 6.07) is 1.51. The molecule has 0 amide bonds. The summed E-state index contributed by atoms with van der Waals surface area (Å²) in [7, 11) is 0. The van der Waals surface area contributed by atoms with Gasteiger partial charge in [0.1, 0.15) is 11.6 Å². The molecule has 1 aromatic rings. The van der Waals surface area contributed by atoms with Gasteiger partial charge in [-0.05, 0) is 6.42 Å². The third-order valence-electron chi connectivity index (χ3n) is 3.38. The largest absolute Gasteiger partial charge is 0.480 e. The zero-order chi connectivity index (χ0) is 14.5. The van der Waals surface area contributed by atoms with Gasteiger partial charge in [-0.15, -0.1) is 0 Å². The number of carbonyl (C=O) groups is 1. The van der Waals surface area contributed by atoms with E-state index in [2.05, 4.69) is 14.9 Å². The van der Waals surface area contributed by atoms with Gasteiger partial charge in [0.2, 0.25) is 0 Å².